The molecule has 0 aromatic heterocycles. The molecule has 6 heteroatoms. The summed E-state index contributed by atoms with van der Waals surface area (Å²) in [5, 5.41) is 9.78. The van der Waals surface area contributed by atoms with Crippen molar-refractivity contribution in [1.29, 1.82) is 0 Å². The van der Waals surface area contributed by atoms with Crippen molar-refractivity contribution in [2.45, 2.75) is 18.7 Å². The lowest BCUT2D eigenvalue weighted by Crippen LogP contribution is -1.98. The Balaban J connectivity index is 2.11. The monoisotopic (exact) mass is 370 g/mol. The number of rotatable bonds is 3. The fourth-order valence-corrected chi connectivity index (χ4v) is 3.55. The second kappa shape index (κ2) is 6.46. The number of aromatic hydroxyl groups is 1. The molecule has 1 aliphatic rings. The third-order valence-electron chi connectivity index (χ3n) is 4.15. The van der Waals surface area contributed by atoms with Gasteiger partial charge in [0.1, 0.15) is 11.5 Å². The molecular weight excluding hydrogens is 352 g/mol. The Kier molecular flexibility index (Phi) is 4.46. The number of allylic oxidation sites excluding steroid dienone is 2. The van der Waals surface area contributed by atoms with E-state index in [9.17, 15) is 18.3 Å². The van der Waals surface area contributed by atoms with Gasteiger partial charge < -0.3 is 9.84 Å². The summed E-state index contributed by atoms with van der Waals surface area (Å²) < 4.78 is 28.5. The van der Waals surface area contributed by atoms with E-state index < -0.39 is 15.8 Å². The molecule has 5 nitrogen and oxygen atoms in total. The predicted octanol–water partition coefficient (Wildman–Crippen LogP) is 3.64. The van der Waals surface area contributed by atoms with Crippen LogP contribution in [0.15, 0.2) is 52.9 Å². The Hall–Kier alpha value is -2.86. The Bertz CT molecular complexity index is 1060. The Morgan fingerprint density at radius 2 is 1.73 bits per heavy atom. The molecule has 2 aromatic rings. The van der Waals surface area contributed by atoms with Crippen LogP contribution in [0.1, 0.15) is 30.5 Å². The molecule has 2 aromatic carbocycles. The average Bonchev–Trinajstić information content (AvgIpc) is 2.79. The van der Waals surface area contributed by atoms with E-state index in [4.69, 9.17) is 4.74 Å². The first-order valence-corrected chi connectivity index (χ1v) is 9.81. The van der Waals surface area contributed by atoms with Gasteiger partial charge in [0.05, 0.1) is 4.90 Å². The molecule has 3 rings (SSSR count). The maximum atomic E-state index is 11.6. The predicted molar refractivity (Wildman–Crippen MR) is 99.9 cm³/mol. The molecule has 0 aliphatic heterocycles. The zero-order valence-corrected chi connectivity index (χ0v) is 15.4. The lowest BCUT2D eigenvalue weighted by atomic mass is 10.0. The van der Waals surface area contributed by atoms with E-state index in [1.807, 2.05) is 13.0 Å². The Labute approximate surface area is 152 Å². The van der Waals surface area contributed by atoms with Crippen LogP contribution in [0.25, 0.3) is 17.4 Å². The summed E-state index contributed by atoms with van der Waals surface area (Å²) in [6.45, 7) is 3.17. The van der Waals surface area contributed by atoms with E-state index in [0.29, 0.717) is 11.3 Å². The lowest BCUT2D eigenvalue weighted by molar-refractivity contribution is -0.134. The molecule has 1 aliphatic carbocycles. The largest absolute Gasteiger partial charge is 0.508 e. The number of hydrogen-bond donors (Lipinski definition) is 1. The van der Waals surface area contributed by atoms with Crippen LogP contribution in [0.4, 0.5) is 0 Å². The van der Waals surface area contributed by atoms with Crippen molar-refractivity contribution in [3.8, 4) is 5.75 Å². The van der Waals surface area contributed by atoms with Crippen LogP contribution in [0.5, 0.6) is 5.75 Å². The smallest absolute Gasteiger partial charge is 0.308 e. The van der Waals surface area contributed by atoms with Crippen molar-refractivity contribution in [3.05, 3.63) is 64.7 Å². The summed E-state index contributed by atoms with van der Waals surface area (Å²) in [4.78, 5) is 11.7. The number of hydrogen-bond acceptors (Lipinski definition) is 5. The minimum atomic E-state index is -3.25. The number of carbonyl (C=O) groups is 1. The third-order valence-corrected chi connectivity index (χ3v) is 5.28. The van der Waals surface area contributed by atoms with Crippen molar-refractivity contribution >= 4 is 33.2 Å². The van der Waals surface area contributed by atoms with Crippen molar-refractivity contribution < 1.29 is 23.1 Å². The number of sulfone groups is 1. The molecule has 0 spiro atoms. The van der Waals surface area contributed by atoms with Gasteiger partial charge in [0.2, 0.25) is 0 Å². The van der Waals surface area contributed by atoms with E-state index in [1.54, 1.807) is 42.5 Å². The zero-order chi connectivity index (χ0) is 19.1. The highest BCUT2D eigenvalue weighted by atomic mass is 32.2. The fourth-order valence-electron chi connectivity index (χ4n) is 2.92. The molecular formula is C20H18O5S. The highest BCUT2D eigenvalue weighted by molar-refractivity contribution is 7.90. The SMILES string of the molecule is CC(=O)OC1=C(C)C(=Cc2ccc(S(C)(=O)=O)cc2)c2ccc(O)cc21. The van der Waals surface area contributed by atoms with Crippen LogP contribution in [0.3, 0.4) is 0 Å². The van der Waals surface area contributed by atoms with Crippen molar-refractivity contribution in [1.82, 2.24) is 0 Å². The van der Waals surface area contributed by atoms with Gasteiger partial charge >= 0.3 is 5.97 Å². The topological polar surface area (TPSA) is 80.7 Å². The van der Waals surface area contributed by atoms with Crippen LogP contribution >= 0.6 is 0 Å². The first-order valence-electron chi connectivity index (χ1n) is 7.92. The first-order chi connectivity index (χ1) is 12.2. The summed E-state index contributed by atoms with van der Waals surface area (Å²) in [5.74, 6) is 0.0646. The fraction of sp³-hybridized carbons (Fsp3) is 0.150. The third kappa shape index (κ3) is 3.41. The Morgan fingerprint density at radius 1 is 1.08 bits per heavy atom. The Morgan fingerprint density at radius 3 is 2.31 bits per heavy atom. The summed E-state index contributed by atoms with van der Waals surface area (Å²) in [5.41, 5.74) is 3.92. The quantitative estimate of drug-likeness (QED) is 0.834. The number of fused-ring (bicyclic) bond motifs is 1. The van der Waals surface area contributed by atoms with Crippen LogP contribution < -0.4 is 0 Å². The van der Waals surface area contributed by atoms with E-state index in [-0.39, 0.29) is 10.6 Å². The molecule has 0 fully saturated rings. The van der Waals surface area contributed by atoms with Gasteiger partial charge in [-0.25, -0.2) is 8.42 Å². The van der Waals surface area contributed by atoms with Gasteiger partial charge in [-0.3, -0.25) is 4.79 Å². The lowest BCUT2D eigenvalue weighted by Gasteiger charge is -2.05. The van der Waals surface area contributed by atoms with Crippen LogP contribution in [-0.2, 0) is 19.4 Å². The highest BCUT2D eigenvalue weighted by Gasteiger charge is 2.26. The number of phenols is 1. The van der Waals surface area contributed by atoms with Crippen molar-refractivity contribution in [2.24, 2.45) is 0 Å². The molecule has 0 atom stereocenters. The minimum Gasteiger partial charge on any atom is -0.508 e. The average molecular weight is 370 g/mol. The summed E-state index contributed by atoms with van der Waals surface area (Å²) in [6, 6.07) is 11.5. The standard InChI is InChI=1S/C20H18O5S/c1-12-18(10-14-4-7-16(8-5-14)26(3,23)24)17-9-6-15(22)11-19(17)20(12)25-13(2)21/h4-11,22H,1-3H3. The number of esters is 1. The summed E-state index contributed by atoms with van der Waals surface area (Å²) in [7, 11) is -3.25. The number of ether oxygens (including phenoxy) is 1. The van der Waals surface area contributed by atoms with Gasteiger partial charge in [-0.15, -0.1) is 0 Å². The molecule has 1 N–H and O–H groups in total. The van der Waals surface area contributed by atoms with E-state index in [1.165, 1.54) is 13.2 Å². The second-order valence-corrected chi connectivity index (χ2v) is 8.19. The van der Waals surface area contributed by atoms with E-state index in [0.717, 1.165) is 22.3 Å². The molecule has 26 heavy (non-hydrogen) atoms. The molecule has 0 saturated heterocycles. The molecule has 0 radical (unpaired) electrons. The van der Waals surface area contributed by atoms with Crippen LogP contribution in [0, 0.1) is 0 Å². The van der Waals surface area contributed by atoms with Crippen LogP contribution in [0.2, 0.25) is 0 Å². The molecule has 134 valence electrons. The van der Waals surface area contributed by atoms with Gasteiger partial charge in [0, 0.05) is 24.3 Å². The minimum absolute atomic E-state index is 0.0833. The normalized spacial score (nSPS) is 15.3. The van der Waals surface area contributed by atoms with E-state index in [2.05, 4.69) is 0 Å². The first kappa shape index (κ1) is 17.9. The van der Waals surface area contributed by atoms with Gasteiger partial charge in [-0.2, -0.15) is 0 Å². The second-order valence-electron chi connectivity index (χ2n) is 6.18. The maximum absolute atomic E-state index is 11.6. The van der Waals surface area contributed by atoms with E-state index >= 15 is 0 Å². The number of benzene rings is 2. The van der Waals surface area contributed by atoms with Gasteiger partial charge in [-0.1, -0.05) is 12.1 Å². The van der Waals surface area contributed by atoms with Crippen molar-refractivity contribution in [2.75, 3.05) is 6.26 Å². The molecule has 0 unspecified atom stereocenters. The molecule has 0 amide bonds. The van der Waals surface area contributed by atoms with Gasteiger partial charge in [0.15, 0.2) is 9.84 Å². The summed E-state index contributed by atoms with van der Waals surface area (Å²) in [6.07, 6.45) is 3.06. The van der Waals surface area contributed by atoms with Gasteiger partial charge in [0.25, 0.3) is 0 Å². The van der Waals surface area contributed by atoms with Crippen LogP contribution in [-0.4, -0.2) is 25.7 Å². The number of phenolic OH excluding ortho intramolecular Hbond substituents is 1. The molecule has 0 saturated carbocycles. The molecule has 0 bridgehead atoms. The van der Waals surface area contributed by atoms with Crippen molar-refractivity contribution in [3.63, 3.8) is 0 Å². The molecule has 0 heterocycles. The maximum Gasteiger partial charge on any atom is 0.308 e. The summed E-state index contributed by atoms with van der Waals surface area (Å²) >= 11 is 0. The zero-order valence-electron chi connectivity index (χ0n) is 14.6. The highest BCUT2D eigenvalue weighted by Crippen LogP contribution is 2.43. The number of carbonyl (C=O) groups excluding carboxylic acids is 1. The van der Waals surface area contributed by atoms with Gasteiger partial charge in [-0.05, 0) is 60.0 Å².